The summed E-state index contributed by atoms with van der Waals surface area (Å²) in [5.41, 5.74) is 11.6. The highest BCUT2D eigenvalue weighted by atomic mass is 15.3. The fourth-order valence-corrected chi connectivity index (χ4v) is 2.51. The summed E-state index contributed by atoms with van der Waals surface area (Å²) in [6.45, 7) is 8.68. The molecule has 2 atom stereocenters. The molecular formula is C18H33N7. The van der Waals surface area contributed by atoms with Gasteiger partial charge in [-0.05, 0) is 37.5 Å². The Labute approximate surface area is 151 Å². The van der Waals surface area contributed by atoms with E-state index in [-0.39, 0.29) is 5.95 Å². The Morgan fingerprint density at radius 3 is 1.72 bits per heavy atom. The number of aromatic nitrogens is 2. The number of hydrogen-bond acceptors (Lipinski definition) is 7. The maximum Gasteiger partial charge on any atom is 0.224 e. The summed E-state index contributed by atoms with van der Waals surface area (Å²) in [6.07, 6.45) is 10.6. The third-order valence-electron chi connectivity index (χ3n) is 4.04. The van der Waals surface area contributed by atoms with E-state index in [1.165, 1.54) is 0 Å². The van der Waals surface area contributed by atoms with Crippen molar-refractivity contribution in [3.8, 4) is 0 Å². The zero-order valence-corrected chi connectivity index (χ0v) is 16.0. The van der Waals surface area contributed by atoms with Gasteiger partial charge in [-0.2, -0.15) is 20.2 Å². The summed E-state index contributed by atoms with van der Waals surface area (Å²) < 4.78 is 0. The number of hydrogen-bond donors (Lipinski definition) is 3. The van der Waals surface area contributed by atoms with E-state index in [0.717, 1.165) is 38.5 Å². The maximum absolute atomic E-state index is 5.76. The fourth-order valence-electron chi connectivity index (χ4n) is 2.51. The smallest absolute Gasteiger partial charge is 0.224 e. The minimum atomic E-state index is 0.180. The Bertz CT molecular complexity index is 498. The molecule has 0 amide bonds. The normalized spacial score (nSPS) is 14.1. The molecule has 1 rings (SSSR count). The van der Waals surface area contributed by atoms with Gasteiger partial charge >= 0.3 is 0 Å². The van der Waals surface area contributed by atoms with Crippen molar-refractivity contribution < 1.29 is 0 Å². The molecule has 0 bridgehead atoms. The van der Waals surface area contributed by atoms with Crippen molar-refractivity contribution >= 4 is 30.0 Å². The van der Waals surface area contributed by atoms with Crippen molar-refractivity contribution in [1.29, 1.82) is 0 Å². The van der Waals surface area contributed by atoms with Gasteiger partial charge in [-0.25, -0.2) is 0 Å². The lowest BCUT2D eigenvalue weighted by Gasteiger charge is -2.08. The van der Waals surface area contributed by atoms with E-state index in [1.807, 2.05) is 12.4 Å². The first-order chi connectivity index (χ1) is 12.1. The Kier molecular flexibility index (Phi) is 10.2. The molecule has 0 radical (unpaired) electrons. The number of hydrazone groups is 2. The van der Waals surface area contributed by atoms with E-state index in [9.17, 15) is 0 Å². The molecule has 4 N–H and O–H groups in total. The van der Waals surface area contributed by atoms with Gasteiger partial charge < -0.3 is 5.73 Å². The lowest BCUT2D eigenvalue weighted by Crippen LogP contribution is -2.06. The van der Waals surface area contributed by atoms with Gasteiger partial charge in [0, 0.05) is 18.5 Å². The minimum absolute atomic E-state index is 0.180. The predicted octanol–water partition coefficient (Wildman–Crippen LogP) is 4.51. The van der Waals surface area contributed by atoms with Gasteiger partial charge in [0.25, 0.3) is 0 Å². The van der Waals surface area contributed by atoms with Gasteiger partial charge in [-0.15, -0.1) is 0 Å². The standard InChI is InChI=1S/C18H33N7/c1-5-9-14(7-3)12-20-24-16-11-17(23-18(19)22-16)25-21-13-15(8-4)10-6-2/h11-15H,5-10H2,1-4H3,(H4,19,22,23,24,25)/b20-12+,21-13+. The quantitative estimate of drug-likeness (QED) is 0.381. The number of nitrogens with one attached hydrogen (secondary N) is 2. The third kappa shape index (κ3) is 8.47. The number of nitrogens with two attached hydrogens (primary N) is 1. The number of nitrogen functional groups attached to an aromatic ring is 1. The minimum Gasteiger partial charge on any atom is -0.368 e. The average molecular weight is 348 g/mol. The Hall–Kier alpha value is -2.18. The molecule has 0 spiro atoms. The van der Waals surface area contributed by atoms with Crippen molar-refractivity contribution in [1.82, 2.24) is 9.97 Å². The second-order valence-corrected chi connectivity index (χ2v) is 6.19. The van der Waals surface area contributed by atoms with Crippen LogP contribution in [0.4, 0.5) is 17.6 Å². The molecule has 1 aromatic rings. The molecular weight excluding hydrogens is 314 g/mol. The fraction of sp³-hybridized carbons (Fsp3) is 0.667. The molecule has 0 fully saturated rings. The van der Waals surface area contributed by atoms with Crippen LogP contribution in [-0.2, 0) is 0 Å². The summed E-state index contributed by atoms with van der Waals surface area (Å²) in [7, 11) is 0. The molecule has 1 heterocycles. The molecule has 140 valence electrons. The number of anilines is 3. The van der Waals surface area contributed by atoms with Gasteiger partial charge in [0.2, 0.25) is 5.95 Å². The summed E-state index contributed by atoms with van der Waals surface area (Å²) in [5, 5.41) is 8.55. The highest BCUT2D eigenvalue weighted by Crippen LogP contribution is 2.14. The van der Waals surface area contributed by atoms with Crippen molar-refractivity contribution in [3.05, 3.63) is 6.07 Å². The summed E-state index contributed by atoms with van der Waals surface area (Å²) in [5.74, 6) is 2.23. The molecule has 0 saturated heterocycles. The van der Waals surface area contributed by atoms with Crippen LogP contribution >= 0.6 is 0 Å². The number of rotatable bonds is 12. The highest BCUT2D eigenvalue weighted by molar-refractivity contribution is 5.64. The molecule has 2 unspecified atom stereocenters. The topological polar surface area (TPSA) is 101 Å². The Morgan fingerprint density at radius 1 is 0.920 bits per heavy atom. The van der Waals surface area contributed by atoms with Gasteiger partial charge in [0.15, 0.2) is 11.6 Å². The van der Waals surface area contributed by atoms with Crippen molar-refractivity contribution in [2.75, 3.05) is 16.6 Å². The van der Waals surface area contributed by atoms with Crippen LogP contribution in [-0.4, -0.2) is 22.4 Å². The molecule has 0 aliphatic heterocycles. The lowest BCUT2D eigenvalue weighted by atomic mass is 10.0. The second-order valence-electron chi connectivity index (χ2n) is 6.19. The first kappa shape index (κ1) is 20.9. The number of nitrogens with zero attached hydrogens (tertiary/aromatic N) is 4. The maximum atomic E-state index is 5.76. The molecule has 7 nitrogen and oxygen atoms in total. The largest absolute Gasteiger partial charge is 0.368 e. The summed E-state index contributed by atoms with van der Waals surface area (Å²) in [4.78, 5) is 8.28. The van der Waals surface area contributed by atoms with Crippen LogP contribution in [0.2, 0.25) is 0 Å². The Morgan fingerprint density at radius 2 is 1.36 bits per heavy atom. The molecule has 0 aliphatic carbocycles. The zero-order valence-electron chi connectivity index (χ0n) is 16.0. The van der Waals surface area contributed by atoms with E-state index in [1.54, 1.807) is 6.07 Å². The summed E-state index contributed by atoms with van der Waals surface area (Å²) >= 11 is 0. The molecule has 7 heteroatoms. The van der Waals surface area contributed by atoms with Crippen molar-refractivity contribution in [2.45, 2.75) is 66.2 Å². The van der Waals surface area contributed by atoms with Crippen LogP contribution in [0.15, 0.2) is 16.3 Å². The van der Waals surface area contributed by atoms with E-state index in [2.05, 4.69) is 58.7 Å². The predicted molar refractivity (Wildman–Crippen MR) is 108 cm³/mol. The second kappa shape index (κ2) is 12.2. The van der Waals surface area contributed by atoms with Gasteiger partial charge in [0.1, 0.15) is 0 Å². The van der Waals surface area contributed by atoms with Gasteiger partial charge in [-0.1, -0.05) is 40.5 Å². The van der Waals surface area contributed by atoms with Gasteiger partial charge in [-0.3, -0.25) is 10.9 Å². The third-order valence-corrected chi connectivity index (χ3v) is 4.04. The molecule has 25 heavy (non-hydrogen) atoms. The molecule has 1 aromatic heterocycles. The van der Waals surface area contributed by atoms with Crippen LogP contribution in [0.25, 0.3) is 0 Å². The van der Waals surface area contributed by atoms with E-state index < -0.39 is 0 Å². The van der Waals surface area contributed by atoms with E-state index in [0.29, 0.717) is 23.5 Å². The first-order valence-electron chi connectivity index (χ1n) is 9.35. The zero-order chi connectivity index (χ0) is 18.5. The summed E-state index contributed by atoms with van der Waals surface area (Å²) in [6, 6.07) is 1.74. The molecule has 0 aliphatic rings. The van der Waals surface area contributed by atoms with E-state index in [4.69, 9.17) is 5.73 Å². The SMILES string of the molecule is CCCC(/C=N/Nc1cc(N/N=C/C(CC)CCC)nc(N)n1)CC. The molecule has 0 aromatic carbocycles. The molecule has 0 saturated carbocycles. The van der Waals surface area contributed by atoms with Crippen molar-refractivity contribution in [2.24, 2.45) is 22.0 Å². The van der Waals surface area contributed by atoms with Crippen LogP contribution in [0, 0.1) is 11.8 Å². The Balaban J connectivity index is 2.66. The van der Waals surface area contributed by atoms with Crippen LogP contribution in [0.5, 0.6) is 0 Å². The van der Waals surface area contributed by atoms with Crippen LogP contribution in [0.3, 0.4) is 0 Å². The van der Waals surface area contributed by atoms with Gasteiger partial charge in [0.05, 0.1) is 0 Å². The van der Waals surface area contributed by atoms with Crippen LogP contribution in [0.1, 0.15) is 66.2 Å². The monoisotopic (exact) mass is 347 g/mol. The van der Waals surface area contributed by atoms with Crippen LogP contribution < -0.4 is 16.6 Å². The van der Waals surface area contributed by atoms with E-state index >= 15 is 0 Å². The average Bonchev–Trinajstić information content (AvgIpc) is 2.59. The first-order valence-corrected chi connectivity index (χ1v) is 9.35. The lowest BCUT2D eigenvalue weighted by molar-refractivity contribution is 0.604. The van der Waals surface area contributed by atoms with Crippen molar-refractivity contribution in [3.63, 3.8) is 0 Å². The highest BCUT2D eigenvalue weighted by Gasteiger charge is 2.04.